The van der Waals surface area contributed by atoms with Gasteiger partial charge in [-0.1, -0.05) is 80.8 Å². The Bertz CT molecular complexity index is 1060. The van der Waals surface area contributed by atoms with Crippen molar-refractivity contribution in [3.63, 3.8) is 0 Å². The van der Waals surface area contributed by atoms with Crippen molar-refractivity contribution < 1.29 is 9.84 Å². The third-order valence-corrected chi connectivity index (χ3v) is 6.86. The summed E-state index contributed by atoms with van der Waals surface area (Å²) in [4.78, 5) is 2.54. The Hall–Kier alpha value is -3.04. The van der Waals surface area contributed by atoms with E-state index in [9.17, 15) is 5.11 Å². The van der Waals surface area contributed by atoms with Gasteiger partial charge in [0, 0.05) is 6.54 Å². The normalized spacial score (nSPS) is 15.3. The van der Waals surface area contributed by atoms with Gasteiger partial charge in [-0.05, 0) is 90.9 Å². The fourth-order valence-electron chi connectivity index (χ4n) is 4.94. The summed E-state index contributed by atoms with van der Waals surface area (Å²) in [6.07, 6.45) is 8.56. The first-order valence-electron chi connectivity index (χ1n) is 13.3. The Morgan fingerprint density at radius 2 is 1.49 bits per heavy atom. The fourth-order valence-corrected chi connectivity index (χ4v) is 4.94. The van der Waals surface area contributed by atoms with Crippen molar-refractivity contribution in [1.29, 1.82) is 0 Å². The zero-order chi connectivity index (χ0) is 24.3. The van der Waals surface area contributed by atoms with Gasteiger partial charge in [0.25, 0.3) is 0 Å². The zero-order valence-electron chi connectivity index (χ0n) is 21.1. The third-order valence-electron chi connectivity index (χ3n) is 6.86. The fraction of sp³-hybridized carbons (Fsp3) is 0.375. The van der Waals surface area contributed by atoms with Gasteiger partial charge in [-0.25, -0.2) is 0 Å². The molecule has 0 atom stereocenters. The molecule has 1 aliphatic rings. The summed E-state index contributed by atoms with van der Waals surface area (Å²) in [5, 5.41) is 9.90. The molecule has 3 heteroatoms. The molecule has 1 fully saturated rings. The summed E-state index contributed by atoms with van der Waals surface area (Å²) in [6, 6.07) is 26.8. The molecule has 1 N–H and O–H groups in total. The number of aromatic hydroxyl groups is 1. The minimum absolute atomic E-state index is 0.288. The summed E-state index contributed by atoms with van der Waals surface area (Å²) in [6.45, 7) is 6.34. The van der Waals surface area contributed by atoms with Crippen LogP contribution in [-0.4, -0.2) is 36.2 Å². The highest BCUT2D eigenvalue weighted by Crippen LogP contribution is 2.37. The van der Waals surface area contributed by atoms with Gasteiger partial charge in [0.2, 0.25) is 0 Å². The van der Waals surface area contributed by atoms with E-state index >= 15 is 0 Å². The number of ether oxygens (including phenoxy) is 1. The van der Waals surface area contributed by atoms with Crippen LogP contribution in [0.4, 0.5) is 0 Å². The van der Waals surface area contributed by atoms with Crippen molar-refractivity contribution in [3.05, 3.63) is 95.6 Å². The monoisotopic (exact) mass is 469 g/mol. The summed E-state index contributed by atoms with van der Waals surface area (Å²) in [5.41, 5.74) is 6.06. The maximum Gasteiger partial charge on any atom is 0.119 e. The number of phenolic OH excluding ortho intramolecular Hbond substituents is 1. The maximum absolute atomic E-state index is 9.90. The molecule has 35 heavy (non-hydrogen) atoms. The van der Waals surface area contributed by atoms with Gasteiger partial charge in [-0.2, -0.15) is 0 Å². The van der Waals surface area contributed by atoms with Crippen LogP contribution in [0.1, 0.15) is 68.6 Å². The molecule has 3 aromatic rings. The molecule has 1 saturated heterocycles. The van der Waals surface area contributed by atoms with Crippen molar-refractivity contribution in [2.75, 3.05) is 26.2 Å². The Morgan fingerprint density at radius 1 is 0.800 bits per heavy atom. The minimum Gasteiger partial charge on any atom is -0.508 e. The lowest BCUT2D eigenvalue weighted by Crippen LogP contribution is -2.29. The van der Waals surface area contributed by atoms with Crippen molar-refractivity contribution >= 4 is 11.1 Å². The largest absolute Gasteiger partial charge is 0.508 e. The molecule has 0 bridgehead atoms. The van der Waals surface area contributed by atoms with Gasteiger partial charge in [0.05, 0.1) is 0 Å². The molecule has 3 nitrogen and oxygen atoms in total. The second-order valence-electron chi connectivity index (χ2n) is 9.50. The quantitative estimate of drug-likeness (QED) is 0.308. The molecular weight excluding hydrogens is 430 g/mol. The number of hydrogen-bond donors (Lipinski definition) is 1. The Balaban J connectivity index is 1.64. The van der Waals surface area contributed by atoms with Crippen LogP contribution in [0.3, 0.4) is 0 Å². The first-order chi connectivity index (χ1) is 17.2. The topological polar surface area (TPSA) is 32.7 Å². The van der Waals surface area contributed by atoms with Crippen molar-refractivity contribution in [2.24, 2.45) is 0 Å². The van der Waals surface area contributed by atoms with Gasteiger partial charge in [-0.3, -0.25) is 4.90 Å². The molecule has 0 spiro atoms. The average molecular weight is 470 g/mol. The second-order valence-corrected chi connectivity index (χ2v) is 9.50. The van der Waals surface area contributed by atoms with Gasteiger partial charge in [0.15, 0.2) is 0 Å². The maximum atomic E-state index is 9.90. The van der Waals surface area contributed by atoms with Gasteiger partial charge in [0.1, 0.15) is 18.1 Å². The van der Waals surface area contributed by atoms with Crippen LogP contribution in [0.2, 0.25) is 0 Å². The summed E-state index contributed by atoms with van der Waals surface area (Å²) < 4.78 is 6.25. The molecule has 3 aromatic carbocycles. The molecule has 1 aliphatic heterocycles. The average Bonchev–Trinajstić information content (AvgIpc) is 3.17. The zero-order valence-corrected chi connectivity index (χ0v) is 21.1. The highest BCUT2D eigenvalue weighted by Gasteiger charge is 2.15. The molecule has 0 amide bonds. The van der Waals surface area contributed by atoms with E-state index < -0.39 is 0 Å². The Labute approximate surface area is 211 Å². The SMILES string of the molecule is CCCC/C(=C(/c1ccccc1)c1ccc(O)cc1)c1cccc(OCCN2CCCCCC2)c1. The van der Waals surface area contributed by atoms with Crippen molar-refractivity contribution in [2.45, 2.75) is 51.9 Å². The summed E-state index contributed by atoms with van der Waals surface area (Å²) in [5.74, 6) is 1.22. The lowest BCUT2D eigenvalue weighted by atomic mass is 9.87. The van der Waals surface area contributed by atoms with Crippen LogP contribution in [0.25, 0.3) is 11.1 Å². The van der Waals surface area contributed by atoms with Gasteiger partial charge < -0.3 is 9.84 Å². The number of allylic oxidation sites excluding steroid dienone is 1. The smallest absolute Gasteiger partial charge is 0.119 e. The summed E-state index contributed by atoms with van der Waals surface area (Å²) >= 11 is 0. The molecule has 0 aliphatic carbocycles. The number of phenols is 1. The molecule has 0 saturated carbocycles. The van der Waals surface area contributed by atoms with Crippen molar-refractivity contribution in [3.8, 4) is 11.5 Å². The predicted molar refractivity (Wildman–Crippen MR) is 147 cm³/mol. The number of hydrogen-bond acceptors (Lipinski definition) is 3. The third kappa shape index (κ3) is 7.22. The van der Waals surface area contributed by atoms with E-state index in [1.54, 1.807) is 12.1 Å². The van der Waals surface area contributed by atoms with E-state index in [2.05, 4.69) is 66.4 Å². The number of unbranched alkanes of at least 4 members (excludes halogenated alkanes) is 1. The van der Waals surface area contributed by atoms with Crippen LogP contribution in [-0.2, 0) is 0 Å². The first-order valence-corrected chi connectivity index (χ1v) is 13.3. The molecule has 0 aromatic heterocycles. The lowest BCUT2D eigenvalue weighted by Gasteiger charge is -2.20. The van der Waals surface area contributed by atoms with Crippen LogP contribution in [0, 0.1) is 0 Å². The number of rotatable bonds is 10. The Morgan fingerprint density at radius 3 is 2.20 bits per heavy atom. The molecule has 184 valence electrons. The highest BCUT2D eigenvalue weighted by atomic mass is 16.5. The predicted octanol–water partition coefficient (Wildman–Crippen LogP) is 7.80. The van der Waals surface area contributed by atoms with E-state index in [1.165, 1.54) is 61.0 Å². The van der Waals surface area contributed by atoms with E-state index in [0.717, 1.165) is 43.7 Å². The first kappa shape index (κ1) is 25.1. The molecule has 1 heterocycles. The number of nitrogens with zero attached hydrogens (tertiary/aromatic N) is 1. The molecule has 4 rings (SSSR count). The van der Waals surface area contributed by atoms with E-state index in [1.807, 2.05) is 12.1 Å². The molecule has 0 unspecified atom stereocenters. The van der Waals surface area contributed by atoms with Crippen LogP contribution in [0.5, 0.6) is 11.5 Å². The molecular formula is C32H39NO2. The Kier molecular flexibility index (Phi) is 9.42. The summed E-state index contributed by atoms with van der Waals surface area (Å²) in [7, 11) is 0. The number of likely N-dealkylation sites (tertiary alicyclic amines) is 1. The van der Waals surface area contributed by atoms with E-state index in [0.29, 0.717) is 0 Å². The van der Waals surface area contributed by atoms with Crippen LogP contribution in [0.15, 0.2) is 78.9 Å². The van der Waals surface area contributed by atoms with Crippen LogP contribution >= 0.6 is 0 Å². The second kappa shape index (κ2) is 13.2. The van der Waals surface area contributed by atoms with Crippen molar-refractivity contribution in [1.82, 2.24) is 4.90 Å². The minimum atomic E-state index is 0.288. The molecule has 0 radical (unpaired) electrons. The number of benzene rings is 3. The van der Waals surface area contributed by atoms with E-state index in [4.69, 9.17) is 4.74 Å². The standard InChI is InChI=1S/C32H39NO2/c1-2-3-16-31(32(26-12-7-6-8-13-26)27-17-19-29(34)20-18-27)28-14-11-15-30(25-28)35-24-23-33-21-9-4-5-10-22-33/h6-8,11-15,17-20,25,34H,2-5,9-10,16,21-24H2,1H3/b32-31+. The van der Waals surface area contributed by atoms with Gasteiger partial charge >= 0.3 is 0 Å². The van der Waals surface area contributed by atoms with Gasteiger partial charge in [-0.15, -0.1) is 0 Å². The highest BCUT2D eigenvalue weighted by molar-refractivity contribution is 5.98. The lowest BCUT2D eigenvalue weighted by molar-refractivity contribution is 0.214. The van der Waals surface area contributed by atoms with E-state index in [-0.39, 0.29) is 5.75 Å². The van der Waals surface area contributed by atoms with Crippen LogP contribution < -0.4 is 4.74 Å².